The van der Waals surface area contributed by atoms with Gasteiger partial charge >= 0.3 is 0 Å². The number of para-hydroxylation sites is 2. The molecular formula is C30H33FN2O3. The summed E-state index contributed by atoms with van der Waals surface area (Å²) >= 11 is 0. The third-order valence-electron chi connectivity index (χ3n) is 7.52. The Labute approximate surface area is 212 Å². The third-order valence-corrected chi connectivity index (χ3v) is 7.52. The first kappa shape index (κ1) is 24.3. The van der Waals surface area contributed by atoms with Crippen molar-refractivity contribution in [2.24, 2.45) is 0 Å². The standard InChI is InChI=1S/C30H33FN2O3/c1-35-27-9-2-3-10-28(27)36-26-8-6-7-23(21-26)22-32-17-19-33(20-18-32)29(34)30(15-4-5-16-30)24-11-13-25(31)14-12-24/h2-3,6-14,21H,4-5,15-20,22H2,1H3. The van der Waals surface area contributed by atoms with Crippen LogP contribution < -0.4 is 9.47 Å². The molecule has 0 radical (unpaired) electrons. The molecule has 2 fully saturated rings. The zero-order valence-electron chi connectivity index (χ0n) is 20.8. The van der Waals surface area contributed by atoms with Crippen molar-refractivity contribution in [3.63, 3.8) is 0 Å². The van der Waals surface area contributed by atoms with E-state index in [9.17, 15) is 9.18 Å². The summed E-state index contributed by atoms with van der Waals surface area (Å²) in [6, 6.07) is 22.3. The molecule has 0 bridgehead atoms. The van der Waals surface area contributed by atoms with Crippen molar-refractivity contribution < 1.29 is 18.7 Å². The maximum absolute atomic E-state index is 13.7. The summed E-state index contributed by atoms with van der Waals surface area (Å²) in [7, 11) is 1.64. The highest BCUT2D eigenvalue weighted by Crippen LogP contribution is 2.43. The van der Waals surface area contributed by atoms with Gasteiger partial charge in [-0.25, -0.2) is 4.39 Å². The van der Waals surface area contributed by atoms with E-state index in [-0.39, 0.29) is 11.7 Å². The monoisotopic (exact) mass is 488 g/mol. The van der Waals surface area contributed by atoms with Crippen molar-refractivity contribution in [1.29, 1.82) is 0 Å². The number of carbonyl (C=O) groups excluding carboxylic acids is 1. The van der Waals surface area contributed by atoms with Crippen LogP contribution in [-0.2, 0) is 16.8 Å². The van der Waals surface area contributed by atoms with Crippen molar-refractivity contribution in [2.75, 3.05) is 33.3 Å². The molecule has 1 aliphatic carbocycles. The second kappa shape index (κ2) is 10.7. The van der Waals surface area contributed by atoms with E-state index in [4.69, 9.17) is 9.47 Å². The molecule has 1 saturated heterocycles. The van der Waals surface area contributed by atoms with Gasteiger partial charge in [0.15, 0.2) is 11.5 Å². The van der Waals surface area contributed by atoms with Crippen LogP contribution in [0.15, 0.2) is 72.8 Å². The average molecular weight is 489 g/mol. The van der Waals surface area contributed by atoms with Crippen LogP contribution in [0.1, 0.15) is 36.8 Å². The van der Waals surface area contributed by atoms with Gasteiger partial charge in [-0.2, -0.15) is 0 Å². The van der Waals surface area contributed by atoms with Crippen LogP contribution >= 0.6 is 0 Å². The SMILES string of the molecule is COc1ccccc1Oc1cccc(CN2CCN(C(=O)C3(c4ccc(F)cc4)CCCC3)CC2)c1. The van der Waals surface area contributed by atoms with Crippen molar-refractivity contribution in [3.05, 3.63) is 89.7 Å². The van der Waals surface area contributed by atoms with Crippen molar-refractivity contribution in [3.8, 4) is 17.2 Å². The minimum atomic E-state index is -0.500. The Bertz CT molecular complexity index is 1180. The van der Waals surface area contributed by atoms with E-state index in [1.54, 1.807) is 19.2 Å². The summed E-state index contributed by atoms with van der Waals surface area (Å²) in [5.41, 5.74) is 1.63. The fraction of sp³-hybridized carbons (Fsp3) is 0.367. The first-order valence-electron chi connectivity index (χ1n) is 12.7. The molecule has 0 N–H and O–H groups in total. The molecule has 3 aromatic rings. The topological polar surface area (TPSA) is 42.0 Å². The maximum Gasteiger partial charge on any atom is 0.233 e. The number of halogens is 1. The summed E-state index contributed by atoms with van der Waals surface area (Å²) in [5, 5.41) is 0. The van der Waals surface area contributed by atoms with E-state index in [1.165, 1.54) is 17.7 Å². The number of methoxy groups -OCH3 is 1. The summed E-state index contributed by atoms with van der Waals surface area (Å²) in [5.74, 6) is 2.10. The van der Waals surface area contributed by atoms with Gasteiger partial charge in [-0.1, -0.05) is 49.2 Å². The van der Waals surface area contributed by atoms with E-state index in [0.29, 0.717) is 24.6 Å². The molecule has 0 unspecified atom stereocenters. The molecule has 5 rings (SSSR count). The summed E-state index contributed by atoms with van der Waals surface area (Å²) in [6.07, 6.45) is 3.76. The molecule has 5 nitrogen and oxygen atoms in total. The molecule has 0 spiro atoms. The van der Waals surface area contributed by atoms with Crippen LogP contribution in [0, 0.1) is 5.82 Å². The number of benzene rings is 3. The van der Waals surface area contributed by atoms with E-state index in [2.05, 4.69) is 17.0 Å². The molecule has 1 aliphatic heterocycles. The first-order valence-corrected chi connectivity index (χ1v) is 12.7. The van der Waals surface area contributed by atoms with Crippen molar-refractivity contribution in [2.45, 2.75) is 37.6 Å². The lowest BCUT2D eigenvalue weighted by atomic mass is 9.77. The molecular weight excluding hydrogens is 455 g/mol. The van der Waals surface area contributed by atoms with Gasteiger partial charge in [0.05, 0.1) is 12.5 Å². The van der Waals surface area contributed by atoms with Gasteiger partial charge in [0.2, 0.25) is 5.91 Å². The van der Waals surface area contributed by atoms with Gasteiger partial charge in [-0.05, 0) is 60.4 Å². The highest BCUT2D eigenvalue weighted by atomic mass is 19.1. The average Bonchev–Trinajstić information content (AvgIpc) is 3.41. The minimum Gasteiger partial charge on any atom is -0.493 e. The molecule has 3 aromatic carbocycles. The molecule has 36 heavy (non-hydrogen) atoms. The Morgan fingerprint density at radius 2 is 1.58 bits per heavy atom. The first-order chi connectivity index (χ1) is 17.6. The van der Waals surface area contributed by atoms with E-state index >= 15 is 0 Å². The number of rotatable bonds is 7. The summed E-state index contributed by atoms with van der Waals surface area (Å²) < 4.78 is 25.0. The largest absolute Gasteiger partial charge is 0.493 e. The number of hydrogen-bond donors (Lipinski definition) is 0. The highest BCUT2D eigenvalue weighted by molar-refractivity contribution is 5.88. The Balaban J connectivity index is 1.21. The molecule has 0 atom stereocenters. The normalized spacial score (nSPS) is 17.7. The lowest BCUT2D eigenvalue weighted by Gasteiger charge is -2.40. The van der Waals surface area contributed by atoms with Crippen LogP contribution in [-0.4, -0.2) is 49.0 Å². The molecule has 1 saturated carbocycles. The molecule has 1 heterocycles. The number of piperazine rings is 1. The number of hydrogen-bond acceptors (Lipinski definition) is 4. The Morgan fingerprint density at radius 3 is 2.28 bits per heavy atom. The van der Waals surface area contributed by atoms with Crippen molar-refractivity contribution in [1.82, 2.24) is 9.80 Å². The van der Waals surface area contributed by atoms with Gasteiger partial charge in [0.1, 0.15) is 11.6 Å². The highest BCUT2D eigenvalue weighted by Gasteiger charge is 2.45. The third kappa shape index (κ3) is 5.09. The van der Waals surface area contributed by atoms with Crippen LogP contribution in [0.4, 0.5) is 4.39 Å². The fourth-order valence-corrected chi connectivity index (χ4v) is 5.58. The van der Waals surface area contributed by atoms with Crippen LogP contribution in [0.2, 0.25) is 0 Å². The predicted molar refractivity (Wildman–Crippen MR) is 138 cm³/mol. The maximum atomic E-state index is 13.7. The van der Waals surface area contributed by atoms with Gasteiger partial charge in [-0.3, -0.25) is 9.69 Å². The molecule has 188 valence electrons. The minimum absolute atomic E-state index is 0.207. The fourth-order valence-electron chi connectivity index (χ4n) is 5.58. The summed E-state index contributed by atoms with van der Waals surface area (Å²) in [6.45, 7) is 3.86. The quantitative estimate of drug-likeness (QED) is 0.423. The van der Waals surface area contributed by atoms with Gasteiger partial charge in [0.25, 0.3) is 0 Å². The molecule has 6 heteroatoms. The van der Waals surface area contributed by atoms with E-state index in [1.807, 2.05) is 41.3 Å². The second-order valence-corrected chi connectivity index (χ2v) is 9.76. The Hall–Kier alpha value is -3.38. The Morgan fingerprint density at radius 1 is 0.889 bits per heavy atom. The molecule has 0 aromatic heterocycles. The lowest BCUT2D eigenvalue weighted by Crippen LogP contribution is -2.53. The van der Waals surface area contributed by atoms with Gasteiger partial charge in [0, 0.05) is 32.7 Å². The van der Waals surface area contributed by atoms with Gasteiger partial charge < -0.3 is 14.4 Å². The van der Waals surface area contributed by atoms with Crippen LogP contribution in [0.5, 0.6) is 17.2 Å². The number of carbonyl (C=O) groups is 1. The van der Waals surface area contributed by atoms with Gasteiger partial charge in [-0.15, -0.1) is 0 Å². The second-order valence-electron chi connectivity index (χ2n) is 9.76. The number of nitrogens with zero attached hydrogens (tertiary/aromatic N) is 2. The molecule has 1 amide bonds. The van der Waals surface area contributed by atoms with E-state index in [0.717, 1.165) is 56.6 Å². The van der Waals surface area contributed by atoms with Crippen LogP contribution in [0.3, 0.4) is 0 Å². The van der Waals surface area contributed by atoms with Crippen LogP contribution in [0.25, 0.3) is 0 Å². The zero-order chi connectivity index (χ0) is 25.0. The smallest absolute Gasteiger partial charge is 0.233 e. The van der Waals surface area contributed by atoms with Crippen molar-refractivity contribution >= 4 is 5.91 Å². The van der Waals surface area contributed by atoms with E-state index < -0.39 is 5.41 Å². The summed E-state index contributed by atoms with van der Waals surface area (Å²) in [4.78, 5) is 18.1. The number of ether oxygens (including phenoxy) is 2. The number of amides is 1. The zero-order valence-corrected chi connectivity index (χ0v) is 20.8. The predicted octanol–water partition coefficient (Wildman–Crippen LogP) is 5.78. The molecule has 2 aliphatic rings. The Kier molecular flexibility index (Phi) is 7.23. The lowest BCUT2D eigenvalue weighted by molar-refractivity contribution is -0.139.